The third kappa shape index (κ3) is 3.78. The number of hydrogen-bond donors (Lipinski definition) is 1. The van der Waals surface area contributed by atoms with E-state index in [9.17, 15) is 4.79 Å². The van der Waals surface area contributed by atoms with Gasteiger partial charge in [0.05, 0.1) is 17.0 Å². The van der Waals surface area contributed by atoms with Crippen molar-refractivity contribution in [1.29, 1.82) is 0 Å². The number of pyridine rings is 1. The normalized spacial score (nSPS) is 10.6. The first-order valence-corrected chi connectivity index (χ1v) is 9.43. The number of benzene rings is 2. The highest BCUT2D eigenvalue weighted by Crippen LogP contribution is 2.24. The number of nitrogens with one attached hydrogen (secondary N) is 1. The summed E-state index contributed by atoms with van der Waals surface area (Å²) in [5, 5.41) is 5.84. The second kappa shape index (κ2) is 7.51. The lowest BCUT2D eigenvalue weighted by atomic mass is 10.1. The summed E-state index contributed by atoms with van der Waals surface area (Å²) in [5.74, 6) is -0.165. The second-order valence-electron chi connectivity index (χ2n) is 6.06. The topological polar surface area (TPSA) is 54.9 Å². The van der Waals surface area contributed by atoms with E-state index >= 15 is 0 Å². The van der Waals surface area contributed by atoms with E-state index in [1.165, 1.54) is 0 Å². The minimum Gasteiger partial charge on any atom is -0.322 e. The first kappa shape index (κ1) is 17.1. The van der Waals surface area contributed by atoms with E-state index in [1.54, 1.807) is 17.5 Å². The minimum absolute atomic E-state index is 0.165. The number of thiazole rings is 1. The molecule has 0 bridgehead atoms. The molecule has 0 aliphatic rings. The van der Waals surface area contributed by atoms with E-state index in [-0.39, 0.29) is 5.91 Å². The van der Waals surface area contributed by atoms with Gasteiger partial charge in [-0.15, -0.1) is 11.3 Å². The van der Waals surface area contributed by atoms with Crippen LogP contribution in [-0.4, -0.2) is 15.9 Å². The Kier molecular flexibility index (Phi) is 4.77. The monoisotopic (exact) mass is 371 g/mol. The number of carbonyl (C=O) groups excluding carboxylic acids is 1. The summed E-state index contributed by atoms with van der Waals surface area (Å²) in [6, 6.07) is 21.3. The minimum atomic E-state index is -0.165. The maximum absolute atomic E-state index is 12.6. The van der Waals surface area contributed by atoms with Gasteiger partial charge in [-0.25, -0.2) is 4.98 Å². The quantitative estimate of drug-likeness (QED) is 0.520. The third-order valence-corrected chi connectivity index (χ3v) is 5.04. The van der Waals surface area contributed by atoms with Gasteiger partial charge >= 0.3 is 0 Å². The molecule has 0 atom stereocenters. The lowest BCUT2D eigenvalue weighted by molar-refractivity contribution is 0.102. The van der Waals surface area contributed by atoms with Gasteiger partial charge in [0.2, 0.25) is 0 Å². The number of carbonyl (C=O) groups is 1. The van der Waals surface area contributed by atoms with Crippen LogP contribution in [0.5, 0.6) is 0 Å². The van der Waals surface area contributed by atoms with Crippen LogP contribution in [0.1, 0.15) is 16.1 Å². The van der Waals surface area contributed by atoms with Crippen molar-refractivity contribution in [2.75, 3.05) is 5.32 Å². The van der Waals surface area contributed by atoms with Crippen molar-refractivity contribution in [3.63, 3.8) is 0 Å². The fourth-order valence-electron chi connectivity index (χ4n) is 2.83. The van der Waals surface area contributed by atoms with Crippen molar-refractivity contribution in [3.05, 3.63) is 89.6 Å². The molecule has 0 spiro atoms. The van der Waals surface area contributed by atoms with Crippen LogP contribution in [0.4, 0.5) is 5.69 Å². The summed E-state index contributed by atoms with van der Waals surface area (Å²) >= 11 is 1.59. The van der Waals surface area contributed by atoms with Crippen LogP contribution in [0, 0.1) is 6.92 Å². The number of aromatic nitrogens is 2. The first-order chi connectivity index (χ1) is 13.2. The molecule has 4 rings (SSSR count). The lowest BCUT2D eigenvalue weighted by Crippen LogP contribution is -2.14. The van der Waals surface area contributed by atoms with Crippen molar-refractivity contribution in [1.82, 2.24) is 9.97 Å². The Hall–Kier alpha value is -3.31. The second-order valence-corrected chi connectivity index (χ2v) is 6.96. The SMILES string of the molecule is Cc1nc(-c2ccccc2)ccc1C(=O)Nc1ccc(-c2nccs2)cc1. The third-order valence-electron chi connectivity index (χ3n) is 4.22. The molecule has 0 saturated heterocycles. The summed E-state index contributed by atoms with van der Waals surface area (Å²) in [4.78, 5) is 21.5. The summed E-state index contributed by atoms with van der Waals surface area (Å²) in [6.45, 7) is 1.85. The standard InChI is InChI=1S/C22H17N3OS/c1-15-19(11-12-20(24-15)16-5-3-2-4-6-16)21(26)25-18-9-7-17(8-10-18)22-23-13-14-27-22/h2-14H,1H3,(H,25,26). The summed E-state index contributed by atoms with van der Waals surface area (Å²) in [5.41, 5.74) is 4.94. The van der Waals surface area contributed by atoms with Gasteiger partial charge in [0.25, 0.3) is 5.91 Å². The molecular formula is C22H17N3OS. The van der Waals surface area contributed by atoms with Crippen molar-refractivity contribution < 1.29 is 4.79 Å². The number of aryl methyl sites for hydroxylation is 1. The maximum Gasteiger partial charge on any atom is 0.257 e. The number of nitrogens with zero attached hydrogens (tertiary/aromatic N) is 2. The Balaban J connectivity index is 1.51. The van der Waals surface area contributed by atoms with Crippen molar-refractivity contribution in [2.45, 2.75) is 6.92 Å². The number of rotatable bonds is 4. The van der Waals surface area contributed by atoms with Crippen molar-refractivity contribution >= 4 is 22.9 Å². The predicted molar refractivity (Wildman–Crippen MR) is 110 cm³/mol. The maximum atomic E-state index is 12.6. The van der Waals surface area contributed by atoms with E-state index in [0.717, 1.165) is 27.5 Å². The van der Waals surface area contributed by atoms with Crippen LogP contribution in [0.15, 0.2) is 78.3 Å². The van der Waals surface area contributed by atoms with Gasteiger partial charge in [-0.05, 0) is 43.3 Å². The highest BCUT2D eigenvalue weighted by molar-refractivity contribution is 7.13. The van der Waals surface area contributed by atoms with Crippen LogP contribution in [0.25, 0.3) is 21.8 Å². The Bertz CT molecular complexity index is 1060. The molecule has 5 heteroatoms. The highest BCUT2D eigenvalue weighted by atomic mass is 32.1. The van der Waals surface area contributed by atoms with E-state index in [0.29, 0.717) is 11.3 Å². The van der Waals surface area contributed by atoms with Crippen LogP contribution >= 0.6 is 11.3 Å². The molecule has 4 aromatic rings. The summed E-state index contributed by atoms with van der Waals surface area (Å²) in [7, 11) is 0. The van der Waals surface area contributed by atoms with E-state index in [2.05, 4.69) is 15.3 Å². The van der Waals surface area contributed by atoms with Crippen LogP contribution in [0.3, 0.4) is 0 Å². The van der Waals surface area contributed by atoms with E-state index in [1.807, 2.05) is 79.0 Å². The zero-order valence-electron chi connectivity index (χ0n) is 14.7. The number of hydrogen-bond acceptors (Lipinski definition) is 4. The largest absolute Gasteiger partial charge is 0.322 e. The molecule has 2 aromatic carbocycles. The van der Waals surface area contributed by atoms with Gasteiger partial charge in [-0.1, -0.05) is 30.3 Å². The molecule has 2 aromatic heterocycles. The zero-order chi connectivity index (χ0) is 18.6. The molecule has 0 saturated carbocycles. The Morgan fingerprint density at radius 2 is 1.70 bits per heavy atom. The highest BCUT2D eigenvalue weighted by Gasteiger charge is 2.12. The molecule has 2 heterocycles. The molecule has 0 radical (unpaired) electrons. The Morgan fingerprint density at radius 1 is 0.926 bits per heavy atom. The smallest absolute Gasteiger partial charge is 0.257 e. The lowest BCUT2D eigenvalue weighted by Gasteiger charge is -2.09. The molecular weight excluding hydrogens is 354 g/mol. The van der Waals surface area contributed by atoms with Gasteiger partial charge in [-0.2, -0.15) is 0 Å². The molecule has 1 N–H and O–H groups in total. The number of anilines is 1. The van der Waals surface area contributed by atoms with E-state index < -0.39 is 0 Å². The van der Waals surface area contributed by atoms with Gasteiger partial charge in [-0.3, -0.25) is 9.78 Å². The molecule has 0 aliphatic heterocycles. The van der Waals surface area contributed by atoms with Crippen LogP contribution in [-0.2, 0) is 0 Å². The molecule has 132 valence electrons. The molecule has 27 heavy (non-hydrogen) atoms. The molecule has 0 fully saturated rings. The average molecular weight is 371 g/mol. The fourth-order valence-corrected chi connectivity index (χ4v) is 3.48. The number of amides is 1. The Morgan fingerprint density at radius 3 is 2.37 bits per heavy atom. The van der Waals surface area contributed by atoms with Crippen molar-refractivity contribution in [3.8, 4) is 21.8 Å². The molecule has 0 unspecified atom stereocenters. The fraction of sp³-hybridized carbons (Fsp3) is 0.0455. The predicted octanol–water partition coefficient (Wildman–Crippen LogP) is 5.43. The molecule has 0 aliphatic carbocycles. The summed E-state index contributed by atoms with van der Waals surface area (Å²) < 4.78 is 0. The van der Waals surface area contributed by atoms with Gasteiger partial charge in [0, 0.05) is 28.4 Å². The molecule has 4 nitrogen and oxygen atoms in total. The summed E-state index contributed by atoms with van der Waals surface area (Å²) in [6.07, 6.45) is 1.78. The zero-order valence-corrected chi connectivity index (χ0v) is 15.5. The van der Waals surface area contributed by atoms with Crippen molar-refractivity contribution in [2.24, 2.45) is 0 Å². The first-order valence-electron chi connectivity index (χ1n) is 8.55. The van der Waals surface area contributed by atoms with Gasteiger partial charge in [0.1, 0.15) is 5.01 Å². The molecule has 1 amide bonds. The van der Waals surface area contributed by atoms with Crippen LogP contribution < -0.4 is 5.32 Å². The van der Waals surface area contributed by atoms with Gasteiger partial charge in [0.15, 0.2) is 0 Å². The Labute approximate surface area is 161 Å². The average Bonchev–Trinajstić information content (AvgIpc) is 3.24. The van der Waals surface area contributed by atoms with E-state index in [4.69, 9.17) is 0 Å². The van der Waals surface area contributed by atoms with Crippen LogP contribution in [0.2, 0.25) is 0 Å². The van der Waals surface area contributed by atoms with Gasteiger partial charge < -0.3 is 5.32 Å².